The van der Waals surface area contributed by atoms with Gasteiger partial charge in [0.2, 0.25) is 5.91 Å². The summed E-state index contributed by atoms with van der Waals surface area (Å²) < 4.78 is 46.0. The number of benzene rings is 1. The maximum Gasteiger partial charge on any atom is 0.401 e. The highest BCUT2D eigenvalue weighted by atomic mass is 35.5. The van der Waals surface area contributed by atoms with Crippen LogP contribution in [-0.4, -0.2) is 73.7 Å². The van der Waals surface area contributed by atoms with Crippen molar-refractivity contribution in [2.24, 2.45) is 0 Å². The third kappa shape index (κ3) is 7.22. The smallest absolute Gasteiger partial charge is 0.370 e. The molecule has 37 heavy (non-hydrogen) atoms. The summed E-state index contributed by atoms with van der Waals surface area (Å²) in [6.07, 6.45) is -2.67. The van der Waals surface area contributed by atoms with Crippen LogP contribution in [-0.2, 0) is 14.3 Å². The van der Waals surface area contributed by atoms with Gasteiger partial charge >= 0.3 is 6.18 Å². The highest BCUT2D eigenvalue weighted by Gasteiger charge is 2.42. The van der Waals surface area contributed by atoms with E-state index in [1.165, 1.54) is 6.07 Å². The van der Waals surface area contributed by atoms with Crippen molar-refractivity contribution >= 4 is 52.0 Å². The Morgan fingerprint density at radius 2 is 1.92 bits per heavy atom. The summed E-state index contributed by atoms with van der Waals surface area (Å²) in [5.74, 6) is -1.38. The van der Waals surface area contributed by atoms with Gasteiger partial charge in [-0.1, -0.05) is 18.0 Å². The molecule has 0 unspecified atom stereocenters. The molecule has 3 amide bonds. The van der Waals surface area contributed by atoms with Gasteiger partial charge in [0.1, 0.15) is 12.6 Å². The number of hydrogen-bond donors (Lipinski definition) is 2. The molecule has 0 bridgehead atoms. The number of nitrogens with one attached hydrogen (secondary N) is 2. The van der Waals surface area contributed by atoms with Crippen molar-refractivity contribution in [1.82, 2.24) is 10.2 Å². The largest absolute Gasteiger partial charge is 0.401 e. The third-order valence-corrected chi connectivity index (χ3v) is 7.52. The van der Waals surface area contributed by atoms with Gasteiger partial charge in [-0.2, -0.15) is 13.2 Å². The summed E-state index contributed by atoms with van der Waals surface area (Å²) >= 11 is 6.92. The molecule has 8 nitrogen and oxygen atoms in total. The van der Waals surface area contributed by atoms with Gasteiger partial charge in [-0.05, 0) is 49.2 Å². The molecule has 1 saturated carbocycles. The van der Waals surface area contributed by atoms with E-state index in [4.69, 9.17) is 16.3 Å². The van der Waals surface area contributed by atoms with E-state index < -0.39 is 36.6 Å². The molecule has 13 heteroatoms. The second kappa shape index (κ2) is 11.8. The standard InChI is InChI=1S/C24H26ClF3N4O4S/c25-20-9-8-19(37-20)23(35)29-12-18(32(14-24(26,27)28)16-2-1-3-16)22(34)30-15-4-6-17(7-5-15)31-10-11-36-13-21(31)33/h4-9,16,18H,1-3,10-14H2,(H,29,35)(H,30,34)/t18-/m1/s1. The second-order valence-corrected chi connectivity index (χ2v) is 10.6. The molecule has 1 atom stereocenters. The Morgan fingerprint density at radius 3 is 2.49 bits per heavy atom. The number of alkyl halides is 3. The van der Waals surface area contributed by atoms with Crippen LogP contribution in [0.3, 0.4) is 0 Å². The summed E-state index contributed by atoms with van der Waals surface area (Å²) in [5, 5.41) is 5.27. The van der Waals surface area contributed by atoms with Crippen LogP contribution in [0.5, 0.6) is 0 Å². The SMILES string of the molecule is O=C(NC[C@H](C(=O)Nc1ccc(N2CCOCC2=O)cc1)N(CC(F)(F)F)C1CCC1)c1ccc(Cl)s1. The first kappa shape index (κ1) is 27.4. The van der Waals surface area contributed by atoms with E-state index in [2.05, 4.69) is 10.6 Å². The minimum Gasteiger partial charge on any atom is -0.370 e. The fourth-order valence-electron chi connectivity index (χ4n) is 4.23. The van der Waals surface area contributed by atoms with Crippen LogP contribution < -0.4 is 15.5 Å². The minimum absolute atomic E-state index is 0.0141. The van der Waals surface area contributed by atoms with Gasteiger partial charge in [0.25, 0.3) is 11.8 Å². The maximum absolute atomic E-state index is 13.5. The highest BCUT2D eigenvalue weighted by Crippen LogP contribution is 2.31. The lowest BCUT2D eigenvalue weighted by Crippen LogP contribution is -2.58. The lowest BCUT2D eigenvalue weighted by molar-refractivity contribution is -0.163. The minimum atomic E-state index is -4.52. The van der Waals surface area contributed by atoms with E-state index >= 15 is 0 Å². The van der Waals surface area contributed by atoms with E-state index in [1.807, 2.05) is 0 Å². The third-order valence-electron chi connectivity index (χ3n) is 6.29. The molecule has 1 aliphatic heterocycles. The molecule has 2 fully saturated rings. The van der Waals surface area contributed by atoms with Gasteiger partial charge in [0.05, 0.1) is 22.4 Å². The number of thiophene rings is 1. The van der Waals surface area contributed by atoms with E-state index in [0.717, 1.165) is 22.7 Å². The molecule has 2 N–H and O–H groups in total. The lowest BCUT2D eigenvalue weighted by atomic mass is 9.90. The molecule has 1 saturated heterocycles. The predicted octanol–water partition coefficient (Wildman–Crippen LogP) is 3.92. The molecular formula is C24H26ClF3N4O4S. The Hall–Kier alpha value is -2.67. The molecule has 1 aliphatic carbocycles. The topological polar surface area (TPSA) is 91.0 Å². The number of anilines is 2. The van der Waals surface area contributed by atoms with Crippen LogP contribution in [0.1, 0.15) is 28.9 Å². The molecular weight excluding hydrogens is 533 g/mol. The fraction of sp³-hybridized carbons (Fsp3) is 0.458. The van der Waals surface area contributed by atoms with E-state index in [9.17, 15) is 27.6 Å². The van der Waals surface area contributed by atoms with Crippen LogP contribution in [0.15, 0.2) is 36.4 Å². The number of morpholine rings is 1. The monoisotopic (exact) mass is 558 g/mol. The Morgan fingerprint density at radius 1 is 1.19 bits per heavy atom. The number of hydrogen-bond acceptors (Lipinski definition) is 6. The number of amides is 3. The Labute approximate surface area is 220 Å². The quantitative estimate of drug-likeness (QED) is 0.487. The molecule has 2 aromatic rings. The summed E-state index contributed by atoms with van der Waals surface area (Å²) in [7, 11) is 0. The maximum atomic E-state index is 13.5. The van der Waals surface area contributed by atoms with Crippen molar-refractivity contribution < 1.29 is 32.3 Å². The molecule has 200 valence electrons. The van der Waals surface area contributed by atoms with E-state index in [0.29, 0.717) is 46.6 Å². The number of carbonyl (C=O) groups excluding carboxylic acids is 3. The molecule has 1 aromatic heterocycles. The van der Waals surface area contributed by atoms with Crippen molar-refractivity contribution in [1.29, 1.82) is 0 Å². The van der Waals surface area contributed by atoms with Gasteiger partial charge in [-0.25, -0.2) is 0 Å². The average molecular weight is 559 g/mol. The Bertz CT molecular complexity index is 1120. The Kier molecular flexibility index (Phi) is 8.73. The van der Waals surface area contributed by atoms with Gasteiger partial charge in [0.15, 0.2) is 0 Å². The van der Waals surface area contributed by atoms with Crippen LogP contribution in [0.25, 0.3) is 0 Å². The number of ether oxygens (including phenoxy) is 1. The summed E-state index contributed by atoms with van der Waals surface area (Å²) in [5.41, 5.74) is 0.981. The van der Waals surface area contributed by atoms with Crippen molar-refractivity contribution in [3.63, 3.8) is 0 Å². The normalized spacial score (nSPS) is 17.4. The van der Waals surface area contributed by atoms with Crippen LogP contribution in [0.2, 0.25) is 4.34 Å². The highest BCUT2D eigenvalue weighted by molar-refractivity contribution is 7.18. The van der Waals surface area contributed by atoms with Gasteiger partial charge in [-0.15, -0.1) is 11.3 Å². The molecule has 0 radical (unpaired) electrons. The summed E-state index contributed by atoms with van der Waals surface area (Å²) in [4.78, 5) is 40.9. The summed E-state index contributed by atoms with van der Waals surface area (Å²) in [6, 6.07) is 7.84. The van der Waals surface area contributed by atoms with Crippen molar-refractivity contribution in [3.8, 4) is 0 Å². The van der Waals surface area contributed by atoms with Crippen molar-refractivity contribution in [2.75, 3.05) is 43.1 Å². The van der Waals surface area contributed by atoms with Crippen LogP contribution in [0, 0.1) is 0 Å². The van der Waals surface area contributed by atoms with E-state index in [-0.39, 0.29) is 19.1 Å². The summed E-state index contributed by atoms with van der Waals surface area (Å²) in [6.45, 7) is -0.789. The molecule has 1 aromatic carbocycles. The van der Waals surface area contributed by atoms with Gasteiger partial charge in [0, 0.05) is 30.5 Å². The number of rotatable bonds is 9. The first-order chi connectivity index (χ1) is 17.6. The average Bonchev–Trinajstić information content (AvgIpc) is 3.24. The van der Waals surface area contributed by atoms with Crippen LogP contribution in [0.4, 0.5) is 24.5 Å². The Balaban J connectivity index is 1.50. The number of halogens is 4. The first-order valence-corrected chi connectivity index (χ1v) is 13.0. The molecule has 2 aliphatic rings. The zero-order valence-electron chi connectivity index (χ0n) is 19.7. The van der Waals surface area contributed by atoms with E-state index in [1.54, 1.807) is 35.2 Å². The second-order valence-electron chi connectivity index (χ2n) is 8.84. The molecule has 4 rings (SSSR count). The van der Waals surface area contributed by atoms with Gasteiger partial charge < -0.3 is 20.3 Å². The lowest BCUT2D eigenvalue weighted by Gasteiger charge is -2.42. The zero-order valence-corrected chi connectivity index (χ0v) is 21.3. The predicted molar refractivity (Wildman–Crippen MR) is 134 cm³/mol. The number of nitrogens with zero attached hydrogens (tertiary/aromatic N) is 2. The van der Waals surface area contributed by atoms with Crippen molar-refractivity contribution in [2.45, 2.75) is 37.5 Å². The zero-order chi connectivity index (χ0) is 26.6. The fourth-order valence-corrected chi connectivity index (χ4v) is 5.19. The molecule has 2 heterocycles. The number of carbonyl (C=O) groups is 3. The van der Waals surface area contributed by atoms with Crippen molar-refractivity contribution in [3.05, 3.63) is 45.6 Å². The first-order valence-electron chi connectivity index (χ1n) is 11.8. The molecule has 0 spiro atoms. The van der Waals surface area contributed by atoms with Gasteiger partial charge in [-0.3, -0.25) is 19.3 Å². The van der Waals surface area contributed by atoms with Crippen LogP contribution >= 0.6 is 22.9 Å².